The Morgan fingerprint density at radius 3 is 2.65 bits per heavy atom. The van der Waals surface area contributed by atoms with Crippen LogP contribution in [0.4, 0.5) is 5.69 Å². The Balaban J connectivity index is 2.23. The summed E-state index contributed by atoms with van der Waals surface area (Å²) in [6.07, 6.45) is 0. The first-order chi connectivity index (χ1) is 11.1. The minimum absolute atomic E-state index is 0.463. The van der Waals surface area contributed by atoms with Gasteiger partial charge in [-0.3, -0.25) is 14.6 Å². The molecule has 3 rings (SSSR count). The molecule has 0 bridgehead atoms. The number of hydrogen-bond acceptors (Lipinski definition) is 3. The number of halogens is 1. The first-order valence-corrected chi connectivity index (χ1v) is 7.43. The van der Waals surface area contributed by atoms with Gasteiger partial charge in [0.2, 0.25) is 6.04 Å². The van der Waals surface area contributed by atoms with E-state index in [0.717, 1.165) is 5.56 Å². The maximum absolute atomic E-state index is 12.3. The second kappa shape index (κ2) is 6.22. The highest BCUT2D eigenvalue weighted by molar-refractivity contribution is 6.32. The zero-order chi connectivity index (χ0) is 16.4. The minimum atomic E-state index is -1.15. The number of carbonyl (C=O) groups excluding carboxylic acids is 2. The van der Waals surface area contributed by atoms with Gasteiger partial charge in [0, 0.05) is 23.2 Å². The topological polar surface area (TPSA) is 70.6 Å². The number of likely N-dealkylation sites (N-methyl/N-ethyl adjacent to an activating group) is 1. The molecule has 116 valence electrons. The van der Waals surface area contributed by atoms with E-state index in [2.05, 4.69) is 15.6 Å². The molecule has 0 aliphatic carbocycles. The standard InChI is InChI=1S/C17H14ClN3O2/c1-19-16(22)15-17(23)20-13-8-7-11(18)9-12(13)14(21-15)10-5-3-2-4-6-10/h2-9,15H,1H3,(H,19,22)(H,20,23). The van der Waals surface area contributed by atoms with Gasteiger partial charge in [-0.15, -0.1) is 0 Å². The molecule has 1 atom stereocenters. The normalized spacial score (nSPS) is 16.7. The van der Waals surface area contributed by atoms with Gasteiger partial charge < -0.3 is 10.6 Å². The summed E-state index contributed by atoms with van der Waals surface area (Å²) in [6.45, 7) is 0. The highest BCUT2D eigenvalue weighted by atomic mass is 35.5. The maximum atomic E-state index is 12.3. The van der Waals surface area contributed by atoms with Gasteiger partial charge in [0.1, 0.15) is 0 Å². The van der Waals surface area contributed by atoms with Gasteiger partial charge in [0.15, 0.2) is 0 Å². The molecule has 2 aromatic carbocycles. The fourth-order valence-electron chi connectivity index (χ4n) is 2.42. The van der Waals surface area contributed by atoms with Crippen molar-refractivity contribution in [2.24, 2.45) is 4.99 Å². The average Bonchev–Trinajstić information content (AvgIpc) is 2.71. The van der Waals surface area contributed by atoms with E-state index in [1.807, 2.05) is 30.3 Å². The van der Waals surface area contributed by atoms with Crippen LogP contribution in [-0.4, -0.2) is 30.6 Å². The van der Waals surface area contributed by atoms with Crippen LogP contribution >= 0.6 is 11.6 Å². The SMILES string of the molecule is CNC(=O)C1N=C(c2ccccc2)c2cc(Cl)ccc2NC1=O. The Hall–Kier alpha value is -2.66. The van der Waals surface area contributed by atoms with E-state index in [-0.39, 0.29) is 0 Å². The molecule has 0 spiro atoms. The van der Waals surface area contributed by atoms with Crippen molar-refractivity contribution in [2.75, 3.05) is 12.4 Å². The predicted molar refractivity (Wildman–Crippen MR) is 90.0 cm³/mol. The Labute approximate surface area is 138 Å². The van der Waals surface area contributed by atoms with Crippen LogP contribution in [0.1, 0.15) is 11.1 Å². The number of nitrogens with one attached hydrogen (secondary N) is 2. The van der Waals surface area contributed by atoms with E-state index in [9.17, 15) is 9.59 Å². The van der Waals surface area contributed by atoms with Crippen molar-refractivity contribution in [1.29, 1.82) is 0 Å². The number of hydrogen-bond donors (Lipinski definition) is 2. The molecule has 6 heteroatoms. The smallest absolute Gasteiger partial charge is 0.258 e. The summed E-state index contributed by atoms with van der Waals surface area (Å²) in [7, 11) is 1.47. The van der Waals surface area contributed by atoms with E-state index in [0.29, 0.717) is 22.0 Å². The number of anilines is 1. The molecule has 0 saturated carbocycles. The van der Waals surface area contributed by atoms with Gasteiger partial charge >= 0.3 is 0 Å². The third kappa shape index (κ3) is 2.96. The predicted octanol–water partition coefficient (Wildman–Crippen LogP) is 2.24. The summed E-state index contributed by atoms with van der Waals surface area (Å²) in [6, 6.07) is 13.4. The van der Waals surface area contributed by atoms with E-state index in [1.165, 1.54) is 7.05 Å². The van der Waals surface area contributed by atoms with Crippen LogP contribution in [0.2, 0.25) is 5.02 Å². The second-order valence-electron chi connectivity index (χ2n) is 5.04. The molecule has 2 amide bonds. The molecule has 0 aromatic heterocycles. The Morgan fingerprint density at radius 1 is 1.22 bits per heavy atom. The summed E-state index contributed by atoms with van der Waals surface area (Å²) in [5.41, 5.74) is 2.62. The number of benzodiazepines with no additional fused rings is 1. The quantitative estimate of drug-likeness (QED) is 0.830. The number of benzene rings is 2. The Bertz CT molecular complexity index is 803. The third-order valence-electron chi connectivity index (χ3n) is 3.54. The fraction of sp³-hybridized carbons (Fsp3) is 0.118. The lowest BCUT2D eigenvalue weighted by atomic mass is 10.0. The Morgan fingerprint density at radius 2 is 1.96 bits per heavy atom. The zero-order valence-electron chi connectivity index (χ0n) is 12.3. The lowest BCUT2D eigenvalue weighted by molar-refractivity contribution is -0.128. The first-order valence-electron chi connectivity index (χ1n) is 7.06. The molecular formula is C17H14ClN3O2. The molecule has 0 saturated heterocycles. The van der Waals surface area contributed by atoms with Crippen LogP contribution in [0.3, 0.4) is 0 Å². The number of carbonyl (C=O) groups is 2. The monoisotopic (exact) mass is 327 g/mol. The molecular weight excluding hydrogens is 314 g/mol. The molecule has 5 nitrogen and oxygen atoms in total. The van der Waals surface area contributed by atoms with Gasteiger partial charge in [-0.25, -0.2) is 0 Å². The lowest BCUT2D eigenvalue weighted by Gasteiger charge is -2.10. The second-order valence-corrected chi connectivity index (χ2v) is 5.48. The minimum Gasteiger partial charge on any atom is -0.357 e. The summed E-state index contributed by atoms with van der Waals surface area (Å²) in [5.74, 6) is -0.936. The Kier molecular flexibility index (Phi) is 4.12. The summed E-state index contributed by atoms with van der Waals surface area (Å²) in [5, 5.41) is 5.74. The largest absolute Gasteiger partial charge is 0.357 e. The zero-order valence-corrected chi connectivity index (χ0v) is 13.1. The van der Waals surface area contributed by atoms with Crippen LogP contribution in [0.25, 0.3) is 0 Å². The van der Waals surface area contributed by atoms with Crippen molar-refractivity contribution in [2.45, 2.75) is 6.04 Å². The number of aliphatic imine (C=N–C) groups is 1. The molecule has 1 unspecified atom stereocenters. The fourth-order valence-corrected chi connectivity index (χ4v) is 2.59. The number of amides is 2. The summed E-state index contributed by atoms with van der Waals surface area (Å²) >= 11 is 6.10. The number of nitrogens with zero attached hydrogens (tertiary/aromatic N) is 1. The molecule has 23 heavy (non-hydrogen) atoms. The van der Waals surface area contributed by atoms with Crippen molar-refractivity contribution in [1.82, 2.24) is 5.32 Å². The van der Waals surface area contributed by atoms with Gasteiger partial charge in [-0.2, -0.15) is 0 Å². The van der Waals surface area contributed by atoms with E-state index >= 15 is 0 Å². The molecule has 0 radical (unpaired) electrons. The molecule has 2 N–H and O–H groups in total. The highest BCUT2D eigenvalue weighted by Gasteiger charge is 2.30. The van der Waals surface area contributed by atoms with Gasteiger partial charge in [0.05, 0.1) is 11.4 Å². The lowest BCUT2D eigenvalue weighted by Crippen LogP contribution is -2.39. The number of fused-ring (bicyclic) bond motifs is 1. The average molecular weight is 328 g/mol. The van der Waals surface area contributed by atoms with Crippen molar-refractivity contribution in [3.05, 3.63) is 64.7 Å². The van der Waals surface area contributed by atoms with Gasteiger partial charge in [0.25, 0.3) is 11.8 Å². The van der Waals surface area contributed by atoms with Crippen LogP contribution in [0, 0.1) is 0 Å². The van der Waals surface area contributed by atoms with Crippen molar-refractivity contribution >= 4 is 34.8 Å². The summed E-state index contributed by atoms with van der Waals surface area (Å²) in [4.78, 5) is 28.8. The molecule has 0 fully saturated rings. The highest BCUT2D eigenvalue weighted by Crippen LogP contribution is 2.27. The van der Waals surface area contributed by atoms with Gasteiger partial charge in [-0.05, 0) is 18.2 Å². The number of rotatable bonds is 2. The molecule has 1 aliphatic rings. The van der Waals surface area contributed by atoms with Crippen molar-refractivity contribution in [3.8, 4) is 0 Å². The van der Waals surface area contributed by atoms with E-state index in [1.54, 1.807) is 18.2 Å². The maximum Gasteiger partial charge on any atom is 0.258 e. The van der Waals surface area contributed by atoms with Crippen LogP contribution in [0.15, 0.2) is 53.5 Å². The third-order valence-corrected chi connectivity index (χ3v) is 3.78. The van der Waals surface area contributed by atoms with E-state index < -0.39 is 17.9 Å². The van der Waals surface area contributed by atoms with E-state index in [4.69, 9.17) is 11.6 Å². The summed E-state index contributed by atoms with van der Waals surface area (Å²) < 4.78 is 0. The van der Waals surface area contributed by atoms with Crippen molar-refractivity contribution in [3.63, 3.8) is 0 Å². The van der Waals surface area contributed by atoms with Crippen molar-refractivity contribution < 1.29 is 9.59 Å². The molecule has 2 aromatic rings. The van der Waals surface area contributed by atoms with Gasteiger partial charge in [-0.1, -0.05) is 41.9 Å². The first kappa shape index (κ1) is 15.2. The van der Waals surface area contributed by atoms with Crippen LogP contribution in [-0.2, 0) is 9.59 Å². The van der Waals surface area contributed by atoms with Crippen LogP contribution < -0.4 is 10.6 Å². The molecule has 1 heterocycles. The molecule has 1 aliphatic heterocycles. The van der Waals surface area contributed by atoms with Crippen LogP contribution in [0.5, 0.6) is 0 Å².